The van der Waals surface area contributed by atoms with E-state index in [4.69, 9.17) is 9.84 Å². The van der Waals surface area contributed by atoms with Crippen molar-refractivity contribution in [1.29, 1.82) is 0 Å². The largest absolute Gasteiger partial charge is 0.496 e. The lowest BCUT2D eigenvalue weighted by molar-refractivity contribution is 0.0952. The highest BCUT2D eigenvalue weighted by Crippen LogP contribution is 2.31. The Bertz CT molecular complexity index is 962. The molecule has 3 aromatic rings. The van der Waals surface area contributed by atoms with E-state index in [0.29, 0.717) is 29.5 Å². The van der Waals surface area contributed by atoms with Crippen molar-refractivity contribution >= 4 is 5.91 Å². The van der Waals surface area contributed by atoms with Crippen molar-refractivity contribution in [2.24, 2.45) is 5.92 Å². The van der Waals surface area contributed by atoms with E-state index in [1.807, 2.05) is 54.6 Å². The van der Waals surface area contributed by atoms with Crippen molar-refractivity contribution in [3.05, 3.63) is 66.4 Å². The van der Waals surface area contributed by atoms with Crippen LogP contribution >= 0.6 is 0 Å². The number of carbonyl (C=O) groups is 1. The normalized spacial score (nSPS) is 16.0. The van der Waals surface area contributed by atoms with Crippen LogP contribution in [0.4, 0.5) is 0 Å². The summed E-state index contributed by atoms with van der Waals surface area (Å²) in [5.41, 5.74) is 2.86. The van der Waals surface area contributed by atoms with Crippen LogP contribution in [0.3, 0.4) is 0 Å². The molecule has 6 heteroatoms. The van der Waals surface area contributed by atoms with Crippen LogP contribution in [-0.2, 0) is 0 Å². The molecule has 29 heavy (non-hydrogen) atoms. The molecule has 1 atom stereocenters. The summed E-state index contributed by atoms with van der Waals surface area (Å²) >= 11 is 0. The lowest BCUT2D eigenvalue weighted by Gasteiger charge is -2.10. The molecule has 1 amide bonds. The molecular formula is C23H26N4O2. The Morgan fingerprint density at radius 3 is 2.76 bits per heavy atom. The molecule has 1 aliphatic rings. The van der Waals surface area contributed by atoms with Gasteiger partial charge in [0.2, 0.25) is 0 Å². The molecule has 6 nitrogen and oxygen atoms in total. The highest BCUT2D eigenvalue weighted by Gasteiger charge is 2.21. The second-order valence-corrected chi connectivity index (χ2v) is 7.28. The fourth-order valence-corrected chi connectivity index (χ4v) is 3.74. The minimum absolute atomic E-state index is 0.112. The van der Waals surface area contributed by atoms with E-state index in [2.05, 4.69) is 10.6 Å². The van der Waals surface area contributed by atoms with E-state index >= 15 is 0 Å². The monoisotopic (exact) mass is 390 g/mol. The summed E-state index contributed by atoms with van der Waals surface area (Å²) in [6, 6.07) is 17.4. The summed E-state index contributed by atoms with van der Waals surface area (Å²) in [5.74, 6) is 1.21. The van der Waals surface area contributed by atoms with Gasteiger partial charge in [-0.2, -0.15) is 5.10 Å². The number of benzene rings is 2. The van der Waals surface area contributed by atoms with Crippen molar-refractivity contribution in [2.75, 3.05) is 26.7 Å². The van der Waals surface area contributed by atoms with Gasteiger partial charge in [-0.25, -0.2) is 4.68 Å². The molecule has 1 unspecified atom stereocenters. The lowest BCUT2D eigenvalue weighted by atomic mass is 10.0. The first-order valence-electron chi connectivity index (χ1n) is 10.0. The molecule has 2 aromatic carbocycles. The summed E-state index contributed by atoms with van der Waals surface area (Å²) in [4.78, 5) is 13.0. The first-order chi connectivity index (χ1) is 14.3. The van der Waals surface area contributed by atoms with Gasteiger partial charge in [-0.3, -0.25) is 4.79 Å². The Hall–Kier alpha value is -3.12. The van der Waals surface area contributed by atoms with E-state index in [0.717, 1.165) is 30.8 Å². The van der Waals surface area contributed by atoms with Gasteiger partial charge in [0.1, 0.15) is 11.4 Å². The number of hydrogen-bond acceptors (Lipinski definition) is 4. The molecule has 0 saturated carbocycles. The topological polar surface area (TPSA) is 68.2 Å². The van der Waals surface area contributed by atoms with Gasteiger partial charge in [-0.05, 0) is 56.1 Å². The van der Waals surface area contributed by atoms with Crippen LogP contribution in [0, 0.1) is 5.92 Å². The Labute approximate surface area is 170 Å². The molecule has 2 N–H and O–H groups in total. The van der Waals surface area contributed by atoms with Gasteiger partial charge in [0.05, 0.1) is 18.4 Å². The molecular weight excluding hydrogens is 364 g/mol. The predicted molar refractivity (Wildman–Crippen MR) is 113 cm³/mol. The Morgan fingerprint density at radius 2 is 2.00 bits per heavy atom. The molecule has 0 bridgehead atoms. The quantitative estimate of drug-likeness (QED) is 0.650. The summed E-state index contributed by atoms with van der Waals surface area (Å²) in [7, 11) is 1.63. The van der Waals surface area contributed by atoms with Crippen molar-refractivity contribution in [3.8, 4) is 22.7 Å². The Balaban J connectivity index is 1.63. The molecule has 2 heterocycles. The van der Waals surface area contributed by atoms with Crippen LogP contribution in [0.25, 0.3) is 16.9 Å². The summed E-state index contributed by atoms with van der Waals surface area (Å²) in [5, 5.41) is 11.2. The van der Waals surface area contributed by atoms with E-state index in [9.17, 15) is 4.79 Å². The fourth-order valence-electron chi connectivity index (χ4n) is 3.74. The average Bonchev–Trinajstić information content (AvgIpc) is 3.44. The van der Waals surface area contributed by atoms with Gasteiger partial charge in [0.15, 0.2) is 0 Å². The summed E-state index contributed by atoms with van der Waals surface area (Å²) < 4.78 is 7.26. The predicted octanol–water partition coefficient (Wildman–Crippen LogP) is 3.28. The number of methoxy groups -OCH3 is 1. The second-order valence-electron chi connectivity index (χ2n) is 7.28. The number of hydrogen-bond donors (Lipinski definition) is 2. The second kappa shape index (κ2) is 8.92. The molecule has 150 valence electrons. The zero-order valence-corrected chi connectivity index (χ0v) is 16.6. The third kappa shape index (κ3) is 4.32. The molecule has 1 saturated heterocycles. The number of carbonyl (C=O) groups excluding carboxylic acids is 1. The Morgan fingerprint density at radius 1 is 1.21 bits per heavy atom. The van der Waals surface area contributed by atoms with Gasteiger partial charge >= 0.3 is 0 Å². The zero-order chi connectivity index (χ0) is 20.1. The third-order valence-corrected chi connectivity index (χ3v) is 5.34. The van der Waals surface area contributed by atoms with Crippen molar-refractivity contribution < 1.29 is 9.53 Å². The van der Waals surface area contributed by atoms with Gasteiger partial charge in [0, 0.05) is 18.3 Å². The van der Waals surface area contributed by atoms with Crippen LogP contribution in [0.5, 0.6) is 5.75 Å². The molecule has 4 rings (SSSR count). The van der Waals surface area contributed by atoms with Crippen molar-refractivity contribution in [1.82, 2.24) is 20.4 Å². The first-order valence-corrected chi connectivity index (χ1v) is 10.0. The van der Waals surface area contributed by atoms with Crippen LogP contribution in [0.2, 0.25) is 0 Å². The lowest BCUT2D eigenvalue weighted by Crippen LogP contribution is -2.26. The van der Waals surface area contributed by atoms with Gasteiger partial charge < -0.3 is 15.4 Å². The van der Waals surface area contributed by atoms with Crippen molar-refractivity contribution in [3.63, 3.8) is 0 Å². The average molecular weight is 390 g/mol. The standard InChI is InChI=1S/C23H26N4O2/c1-29-21-10-6-5-9-19(21)22-20(16-27(26-22)18-7-3-2-4-8-18)23(28)25-14-12-17-11-13-24-15-17/h2-10,16-17,24H,11-15H2,1H3,(H,25,28). The number of aromatic nitrogens is 2. The molecule has 1 aliphatic heterocycles. The van der Waals surface area contributed by atoms with Crippen LogP contribution in [-0.4, -0.2) is 42.4 Å². The van der Waals surface area contributed by atoms with E-state index in [1.165, 1.54) is 6.42 Å². The molecule has 0 aliphatic carbocycles. The van der Waals surface area contributed by atoms with Gasteiger partial charge in [0.25, 0.3) is 5.91 Å². The summed E-state index contributed by atoms with van der Waals surface area (Å²) in [6.45, 7) is 2.77. The molecule has 0 spiro atoms. The number of rotatable bonds is 7. The highest BCUT2D eigenvalue weighted by atomic mass is 16.5. The highest BCUT2D eigenvalue weighted by molar-refractivity contribution is 6.00. The van der Waals surface area contributed by atoms with Crippen molar-refractivity contribution in [2.45, 2.75) is 12.8 Å². The van der Waals surface area contributed by atoms with Crippen LogP contribution in [0.15, 0.2) is 60.8 Å². The third-order valence-electron chi connectivity index (χ3n) is 5.34. The van der Waals surface area contributed by atoms with E-state index < -0.39 is 0 Å². The maximum atomic E-state index is 13.0. The van der Waals surface area contributed by atoms with Gasteiger partial charge in [-0.1, -0.05) is 30.3 Å². The Kier molecular flexibility index (Phi) is 5.91. The van der Waals surface area contributed by atoms with Crippen LogP contribution < -0.4 is 15.4 Å². The summed E-state index contributed by atoms with van der Waals surface area (Å²) in [6.07, 6.45) is 3.95. The molecule has 0 radical (unpaired) electrons. The van der Waals surface area contributed by atoms with Gasteiger partial charge in [-0.15, -0.1) is 0 Å². The number of amides is 1. The SMILES string of the molecule is COc1ccccc1-c1nn(-c2ccccc2)cc1C(=O)NCCC1CCNC1. The number of nitrogens with one attached hydrogen (secondary N) is 2. The maximum absolute atomic E-state index is 13.0. The molecule has 1 fully saturated rings. The molecule has 1 aromatic heterocycles. The van der Waals surface area contributed by atoms with Crippen LogP contribution in [0.1, 0.15) is 23.2 Å². The van der Waals surface area contributed by atoms with E-state index in [1.54, 1.807) is 18.0 Å². The zero-order valence-electron chi connectivity index (χ0n) is 16.6. The minimum Gasteiger partial charge on any atom is -0.496 e. The fraction of sp³-hybridized carbons (Fsp3) is 0.304. The smallest absolute Gasteiger partial charge is 0.255 e. The number of ether oxygens (including phenoxy) is 1. The minimum atomic E-state index is -0.112. The first kappa shape index (κ1) is 19.2. The maximum Gasteiger partial charge on any atom is 0.255 e. The van der Waals surface area contributed by atoms with E-state index in [-0.39, 0.29) is 5.91 Å². The number of nitrogens with zero attached hydrogens (tertiary/aromatic N) is 2. The number of para-hydroxylation sites is 2.